The molecule has 0 aliphatic heterocycles. The first-order valence-corrected chi connectivity index (χ1v) is 7.21. The Kier molecular flexibility index (Phi) is 5.08. The van der Waals surface area contributed by atoms with Crippen molar-refractivity contribution in [1.29, 1.82) is 0 Å². The summed E-state index contributed by atoms with van der Waals surface area (Å²) in [5, 5.41) is 13.6. The van der Waals surface area contributed by atoms with Gasteiger partial charge < -0.3 is 11.1 Å². The van der Waals surface area contributed by atoms with Crippen molar-refractivity contribution in [2.45, 2.75) is 31.7 Å². The van der Waals surface area contributed by atoms with E-state index in [1.807, 2.05) is 0 Å². The normalized spacial score (nSPS) is 21.8. The number of nitrogens with two attached hydrogens (primary N) is 1. The van der Waals surface area contributed by atoms with Crippen molar-refractivity contribution in [3.05, 3.63) is 33.1 Å². The molecular weight excluding hydrogens is 296 g/mol. The number of hydrogen-bond acceptors (Lipinski definition) is 5. The number of nitrogens with one attached hydrogen (secondary N) is 1. The zero-order chi connectivity index (χ0) is 15.4. The second kappa shape index (κ2) is 6.82. The molecule has 3 N–H and O–H groups in total. The van der Waals surface area contributed by atoms with Crippen molar-refractivity contribution in [2.75, 3.05) is 6.54 Å². The molecule has 1 amide bonds. The van der Waals surface area contributed by atoms with Gasteiger partial charge in [0.2, 0.25) is 0 Å². The fourth-order valence-corrected chi connectivity index (χ4v) is 2.81. The van der Waals surface area contributed by atoms with E-state index in [1.165, 1.54) is 0 Å². The quantitative estimate of drug-likeness (QED) is 0.501. The highest BCUT2D eigenvalue weighted by molar-refractivity contribution is 6.32. The lowest BCUT2D eigenvalue weighted by atomic mass is 9.84. The fourth-order valence-electron chi connectivity index (χ4n) is 2.62. The van der Waals surface area contributed by atoms with Gasteiger partial charge in [-0.1, -0.05) is 24.4 Å². The Morgan fingerprint density at radius 1 is 1.52 bits per heavy atom. The predicted molar refractivity (Wildman–Crippen MR) is 78.2 cm³/mol. The standard InChI is InChI=1S/C13H17ClN4O3/c14-12-10(5-9(7-16-12)18(20)21)13(19)17-11-4-2-1-3-8(11)6-15/h5,7-8,11H,1-4,6,15H2,(H,17,19). The Morgan fingerprint density at radius 2 is 2.24 bits per heavy atom. The molecule has 114 valence electrons. The second-order valence-corrected chi connectivity index (χ2v) is 5.51. The van der Waals surface area contributed by atoms with E-state index in [0.717, 1.165) is 37.9 Å². The Balaban J connectivity index is 2.16. The number of halogens is 1. The number of nitrogens with zero attached hydrogens (tertiary/aromatic N) is 2. The average molecular weight is 313 g/mol. The number of amides is 1. The van der Waals surface area contributed by atoms with E-state index < -0.39 is 10.8 Å². The molecule has 0 spiro atoms. The summed E-state index contributed by atoms with van der Waals surface area (Å²) >= 11 is 5.86. The number of carbonyl (C=O) groups is 1. The summed E-state index contributed by atoms with van der Waals surface area (Å²) < 4.78 is 0. The number of aromatic nitrogens is 1. The molecule has 1 heterocycles. The van der Waals surface area contributed by atoms with Gasteiger partial charge in [0, 0.05) is 12.1 Å². The van der Waals surface area contributed by atoms with Gasteiger partial charge in [0.15, 0.2) is 0 Å². The lowest BCUT2D eigenvalue weighted by molar-refractivity contribution is -0.385. The summed E-state index contributed by atoms with van der Waals surface area (Å²) in [7, 11) is 0. The molecule has 2 atom stereocenters. The molecule has 0 saturated heterocycles. The molecule has 1 aliphatic carbocycles. The van der Waals surface area contributed by atoms with Gasteiger partial charge in [-0.25, -0.2) is 4.98 Å². The van der Waals surface area contributed by atoms with Crippen LogP contribution in [-0.4, -0.2) is 28.4 Å². The monoisotopic (exact) mass is 312 g/mol. The Hall–Kier alpha value is -1.73. The van der Waals surface area contributed by atoms with Gasteiger partial charge in [0.1, 0.15) is 11.3 Å². The number of pyridine rings is 1. The van der Waals surface area contributed by atoms with Crippen LogP contribution < -0.4 is 11.1 Å². The first kappa shape index (κ1) is 15.7. The molecule has 1 aliphatic rings. The summed E-state index contributed by atoms with van der Waals surface area (Å²) in [6.07, 6.45) is 4.99. The van der Waals surface area contributed by atoms with Crippen LogP contribution in [0.25, 0.3) is 0 Å². The number of nitro groups is 1. The van der Waals surface area contributed by atoms with E-state index >= 15 is 0 Å². The van der Waals surface area contributed by atoms with Crippen molar-refractivity contribution in [3.63, 3.8) is 0 Å². The predicted octanol–water partition coefficient (Wildman–Crippen LogP) is 1.89. The summed E-state index contributed by atoms with van der Waals surface area (Å²) in [5.41, 5.74) is 5.48. The lowest BCUT2D eigenvalue weighted by Crippen LogP contribution is -2.44. The van der Waals surface area contributed by atoms with Crippen LogP contribution in [0.1, 0.15) is 36.0 Å². The topological polar surface area (TPSA) is 111 Å². The zero-order valence-corrected chi connectivity index (χ0v) is 12.2. The second-order valence-electron chi connectivity index (χ2n) is 5.15. The first-order chi connectivity index (χ1) is 10.0. The highest BCUT2D eigenvalue weighted by Gasteiger charge is 2.27. The van der Waals surface area contributed by atoms with E-state index in [4.69, 9.17) is 17.3 Å². The molecule has 8 heteroatoms. The maximum Gasteiger partial charge on any atom is 0.288 e. The van der Waals surface area contributed by atoms with Crippen LogP contribution in [-0.2, 0) is 0 Å². The van der Waals surface area contributed by atoms with Crippen molar-refractivity contribution in [3.8, 4) is 0 Å². The van der Waals surface area contributed by atoms with Crippen LogP contribution in [0.4, 0.5) is 5.69 Å². The molecule has 2 unspecified atom stereocenters. The molecule has 0 aromatic carbocycles. The van der Waals surface area contributed by atoms with E-state index in [0.29, 0.717) is 6.54 Å². The first-order valence-electron chi connectivity index (χ1n) is 6.83. The third-order valence-electron chi connectivity index (χ3n) is 3.81. The van der Waals surface area contributed by atoms with Crippen LogP contribution in [0.15, 0.2) is 12.3 Å². The molecule has 1 fully saturated rings. The summed E-state index contributed by atoms with van der Waals surface area (Å²) in [6.45, 7) is 0.506. The number of rotatable bonds is 4. The largest absolute Gasteiger partial charge is 0.349 e. The highest BCUT2D eigenvalue weighted by Crippen LogP contribution is 2.25. The third-order valence-corrected chi connectivity index (χ3v) is 4.11. The van der Waals surface area contributed by atoms with Crippen molar-refractivity contribution >= 4 is 23.2 Å². The van der Waals surface area contributed by atoms with Crippen LogP contribution >= 0.6 is 11.6 Å². The molecular formula is C13H17ClN4O3. The van der Waals surface area contributed by atoms with E-state index in [-0.39, 0.29) is 28.4 Å². The van der Waals surface area contributed by atoms with Gasteiger partial charge in [-0.3, -0.25) is 14.9 Å². The van der Waals surface area contributed by atoms with Gasteiger partial charge in [-0.15, -0.1) is 0 Å². The Labute approximate surface area is 127 Å². The van der Waals surface area contributed by atoms with Crippen molar-refractivity contribution in [1.82, 2.24) is 10.3 Å². The van der Waals surface area contributed by atoms with Gasteiger partial charge in [-0.05, 0) is 25.3 Å². The SMILES string of the molecule is NCC1CCCCC1NC(=O)c1cc([N+](=O)[O-])cnc1Cl. The molecule has 1 aromatic heterocycles. The van der Waals surface area contributed by atoms with Crippen LogP contribution in [0.2, 0.25) is 5.15 Å². The third kappa shape index (κ3) is 3.68. The zero-order valence-electron chi connectivity index (χ0n) is 11.4. The van der Waals surface area contributed by atoms with Crippen molar-refractivity contribution in [2.24, 2.45) is 11.7 Å². The Morgan fingerprint density at radius 3 is 2.90 bits per heavy atom. The van der Waals surface area contributed by atoms with E-state index in [2.05, 4.69) is 10.3 Å². The number of hydrogen-bond donors (Lipinski definition) is 2. The van der Waals surface area contributed by atoms with Crippen LogP contribution in [0, 0.1) is 16.0 Å². The minimum atomic E-state index is -0.608. The molecule has 1 saturated carbocycles. The summed E-state index contributed by atoms with van der Waals surface area (Å²) in [4.78, 5) is 26.1. The van der Waals surface area contributed by atoms with Crippen LogP contribution in [0.3, 0.4) is 0 Å². The summed E-state index contributed by atoms with van der Waals surface area (Å²) in [5.74, 6) is -0.213. The van der Waals surface area contributed by atoms with Crippen LogP contribution in [0.5, 0.6) is 0 Å². The van der Waals surface area contributed by atoms with E-state index in [1.54, 1.807) is 0 Å². The highest BCUT2D eigenvalue weighted by atomic mass is 35.5. The molecule has 2 rings (SSSR count). The van der Waals surface area contributed by atoms with Gasteiger partial charge >= 0.3 is 0 Å². The molecule has 21 heavy (non-hydrogen) atoms. The smallest absolute Gasteiger partial charge is 0.288 e. The summed E-state index contributed by atoms with van der Waals surface area (Å²) in [6, 6.07) is 1.12. The maximum absolute atomic E-state index is 12.3. The van der Waals surface area contributed by atoms with Gasteiger partial charge in [-0.2, -0.15) is 0 Å². The molecule has 0 bridgehead atoms. The van der Waals surface area contributed by atoms with E-state index in [9.17, 15) is 14.9 Å². The average Bonchev–Trinajstić information content (AvgIpc) is 2.47. The minimum absolute atomic E-state index is 0.0206. The van der Waals surface area contributed by atoms with Crippen molar-refractivity contribution < 1.29 is 9.72 Å². The molecule has 7 nitrogen and oxygen atoms in total. The maximum atomic E-state index is 12.3. The van der Waals surface area contributed by atoms with Gasteiger partial charge in [0.05, 0.1) is 10.5 Å². The molecule has 0 radical (unpaired) electrons. The van der Waals surface area contributed by atoms with Gasteiger partial charge in [0.25, 0.3) is 11.6 Å². The fraction of sp³-hybridized carbons (Fsp3) is 0.538. The minimum Gasteiger partial charge on any atom is -0.349 e. The number of carbonyl (C=O) groups excluding carboxylic acids is 1. The Bertz CT molecular complexity index is 552. The molecule has 1 aromatic rings. The lowest BCUT2D eigenvalue weighted by Gasteiger charge is -2.31.